The van der Waals surface area contributed by atoms with Gasteiger partial charge in [-0.2, -0.15) is 11.8 Å². The Kier molecular flexibility index (Phi) is 13.3. The number of terminal acetylenes is 1. The summed E-state index contributed by atoms with van der Waals surface area (Å²) in [7, 11) is 0. The highest BCUT2D eigenvalue weighted by atomic mass is 32.2. The molecule has 8 heteroatoms. The summed E-state index contributed by atoms with van der Waals surface area (Å²) in [4.78, 5) is 43.0. The predicted octanol–water partition coefficient (Wildman–Crippen LogP) is 6.63. The molecule has 0 saturated carbocycles. The van der Waals surface area contributed by atoms with Crippen LogP contribution in [-0.4, -0.2) is 53.0 Å². The lowest BCUT2D eigenvalue weighted by molar-refractivity contribution is -0.141. The maximum absolute atomic E-state index is 14.4. The van der Waals surface area contributed by atoms with E-state index in [2.05, 4.69) is 23.5 Å². The van der Waals surface area contributed by atoms with Gasteiger partial charge < -0.3 is 20.3 Å². The second kappa shape index (κ2) is 16.1. The Morgan fingerprint density at radius 3 is 2.29 bits per heavy atom. The summed E-state index contributed by atoms with van der Waals surface area (Å²) in [6.45, 7) is 11.6. The number of hydrogen-bond donors (Lipinski definition) is 2. The smallest absolute Gasteiger partial charge is 0.408 e. The fourth-order valence-electron chi connectivity index (χ4n) is 4.56. The van der Waals surface area contributed by atoms with E-state index in [4.69, 9.17) is 11.2 Å². The van der Waals surface area contributed by atoms with E-state index in [1.165, 1.54) is 0 Å². The fraction of sp³-hybridized carbons (Fsp3) is 0.485. The first-order chi connectivity index (χ1) is 19.4. The molecule has 2 unspecified atom stereocenters. The van der Waals surface area contributed by atoms with Gasteiger partial charge in [-0.3, -0.25) is 9.59 Å². The van der Waals surface area contributed by atoms with Gasteiger partial charge >= 0.3 is 6.09 Å². The summed E-state index contributed by atoms with van der Waals surface area (Å²) in [5.74, 6) is 2.61. The van der Waals surface area contributed by atoms with Crippen LogP contribution in [0.25, 0.3) is 0 Å². The van der Waals surface area contributed by atoms with E-state index in [0.29, 0.717) is 42.0 Å². The number of nitrogens with one attached hydrogen (secondary N) is 2. The maximum atomic E-state index is 14.4. The number of carbonyl (C=O) groups excluding carboxylic acids is 3. The average Bonchev–Trinajstić information content (AvgIpc) is 2.91. The van der Waals surface area contributed by atoms with E-state index in [1.54, 1.807) is 49.6 Å². The summed E-state index contributed by atoms with van der Waals surface area (Å²) in [5, 5.41) is 5.87. The number of benzene rings is 2. The van der Waals surface area contributed by atoms with E-state index in [0.717, 1.165) is 24.0 Å². The van der Waals surface area contributed by atoms with Gasteiger partial charge in [0.2, 0.25) is 5.91 Å². The number of unbranched alkanes of at least 4 members (excludes halogenated alkanes) is 2. The van der Waals surface area contributed by atoms with Gasteiger partial charge in [-0.1, -0.05) is 62.1 Å². The second-order valence-corrected chi connectivity index (χ2v) is 12.1. The SMILES string of the molecule is C#Cc1ccccc1C(C(=O)Nc1c(C)cccc1C)N(CCCCC)C(=O)C(CCSC)NC(=O)OC(C)(C)C. The number of hydrogen-bond acceptors (Lipinski definition) is 5. The predicted molar refractivity (Wildman–Crippen MR) is 169 cm³/mol. The molecule has 2 atom stereocenters. The number of ether oxygens (including phenoxy) is 1. The highest BCUT2D eigenvalue weighted by molar-refractivity contribution is 7.98. The minimum absolute atomic E-state index is 0.322. The molecule has 0 aromatic heterocycles. The van der Waals surface area contributed by atoms with Crippen LogP contribution in [0.1, 0.15) is 81.7 Å². The van der Waals surface area contributed by atoms with Crippen molar-refractivity contribution in [3.63, 3.8) is 0 Å². The van der Waals surface area contributed by atoms with E-state index in [9.17, 15) is 14.4 Å². The summed E-state index contributed by atoms with van der Waals surface area (Å²) < 4.78 is 5.48. The highest BCUT2D eigenvalue weighted by Gasteiger charge is 2.37. The van der Waals surface area contributed by atoms with Gasteiger partial charge in [0, 0.05) is 17.8 Å². The molecule has 2 N–H and O–H groups in total. The Hall–Kier alpha value is -3.44. The number of amides is 3. The largest absolute Gasteiger partial charge is 0.444 e. The van der Waals surface area contributed by atoms with Gasteiger partial charge in [-0.25, -0.2) is 4.79 Å². The first-order valence-electron chi connectivity index (χ1n) is 14.1. The van der Waals surface area contributed by atoms with Crippen molar-refractivity contribution < 1.29 is 19.1 Å². The Balaban J connectivity index is 2.63. The molecule has 0 radical (unpaired) electrons. The van der Waals surface area contributed by atoms with Crippen LogP contribution in [0, 0.1) is 26.2 Å². The molecule has 0 bridgehead atoms. The zero-order chi connectivity index (χ0) is 30.6. The zero-order valence-electron chi connectivity index (χ0n) is 25.5. The van der Waals surface area contributed by atoms with Crippen molar-refractivity contribution in [1.82, 2.24) is 10.2 Å². The molecule has 2 rings (SSSR count). The summed E-state index contributed by atoms with van der Waals surface area (Å²) in [6.07, 6.45) is 10.0. The minimum Gasteiger partial charge on any atom is -0.444 e. The van der Waals surface area contributed by atoms with Crippen LogP contribution < -0.4 is 10.6 Å². The molecule has 0 spiro atoms. The Morgan fingerprint density at radius 1 is 1.05 bits per heavy atom. The molecule has 0 aliphatic rings. The third kappa shape index (κ3) is 10.2. The monoisotopic (exact) mass is 579 g/mol. The number of nitrogens with zero attached hydrogens (tertiary/aromatic N) is 1. The molecule has 0 aliphatic heterocycles. The average molecular weight is 580 g/mol. The zero-order valence-corrected chi connectivity index (χ0v) is 26.3. The molecule has 3 amide bonds. The van der Waals surface area contributed by atoms with E-state index >= 15 is 0 Å². The number of rotatable bonds is 13. The number of alkyl carbamates (subject to hydrolysis) is 1. The number of carbonyl (C=O) groups is 3. The molecule has 41 heavy (non-hydrogen) atoms. The van der Waals surface area contributed by atoms with E-state index in [1.807, 2.05) is 50.4 Å². The van der Waals surface area contributed by atoms with Gasteiger partial charge in [0.05, 0.1) is 0 Å². The minimum atomic E-state index is -1.01. The highest BCUT2D eigenvalue weighted by Crippen LogP contribution is 2.29. The van der Waals surface area contributed by atoms with Crippen LogP contribution in [0.3, 0.4) is 0 Å². The summed E-state index contributed by atoms with van der Waals surface area (Å²) in [6, 6.07) is 11.1. The molecule has 0 heterocycles. The summed E-state index contributed by atoms with van der Waals surface area (Å²) in [5.41, 5.74) is 2.89. The van der Waals surface area contributed by atoms with Crippen LogP contribution in [-0.2, 0) is 14.3 Å². The first kappa shape index (κ1) is 33.8. The molecule has 0 fully saturated rings. The standard InChI is InChI=1S/C33H45N3O4S/c1-9-11-14-21-36(31(38)27(20-22-41-8)34-32(39)40-33(5,6)7)29(26-19-13-12-18-25(26)10-2)30(37)35-28-23(3)16-15-17-24(28)4/h2,12-13,15-19,27,29H,9,11,14,20-22H2,1,3-8H3,(H,34,39)(H,35,37). The van der Waals surface area contributed by atoms with Crippen molar-refractivity contribution >= 4 is 35.4 Å². The van der Waals surface area contributed by atoms with Crippen molar-refractivity contribution in [2.45, 2.75) is 84.9 Å². The van der Waals surface area contributed by atoms with Gasteiger partial charge in [0.1, 0.15) is 17.7 Å². The van der Waals surface area contributed by atoms with E-state index < -0.39 is 23.8 Å². The maximum Gasteiger partial charge on any atom is 0.408 e. The van der Waals surface area contributed by atoms with E-state index in [-0.39, 0.29) is 11.8 Å². The van der Waals surface area contributed by atoms with Gasteiger partial charge in [-0.15, -0.1) is 6.42 Å². The Bertz CT molecular complexity index is 1210. The molecule has 0 saturated heterocycles. The fourth-order valence-corrected chi connectivity index (χ4v) is 5.03. The molecular formula is C33H45N3O4S. The second-order valence-electron chi connectivity index (χ2n) is 11.1. The summed E-state index contributed by atoms with van der Waals surface area (Å²) >= 11 is 1.57. The third-order valence-electron chi connectivity index (χ3n) is 6.59. The number of anilines is 1. The molecule has 222 valence electrons. The van der Waals surface area contributed by atoms with Gasteiger partial charge in [-0.05, 0) is 82.2 Å². The lowest BCUT2D eigenvalue weighted by Gasteiger charge is -2.35. The number of thioether (sulfide) groups is 1. The van der Waals surface area contributed by atoms with Crippen molar-refractivity contribution in [2.24, 2.45) is 0 Å². The van der Waals surface area contributed by atoms with Crippen molar-refractivity contribution in [3.8, 4) is 12.3 Å². The topological polar surface area (TPSA) is 87.7 Å². The Labute approximate surface area is 250 Å². The lowest BCUT2D eigenvalue weighted by atomic mass is 9.96. The molecule has 2 aromatic carbocycles. The van der Waals surface area contributed by atoms with Crippen LogP contribution in [0.2, 0.25) is 0 Å². The Morgan fingerprint density at radius 2 is 1.71 bits per heavy atom. The van der Waals surface area contributed by atoms with Crippen molar-refractivity contribution in [3.05, 3.63) is 64.7 Å². The lowest BCUT2D eigenvalue weighted by Crippen LogP contribution is -2.53. The van der Waals surface area contributed by atoms with Crippen LogP contribution in [0.5, 0.6) is 0 Å². The van der Waals surface area contributed by atoms with Crippen molar-refractivity contribution in [2.75, 3.05) is 23.9 Å². The third-order valence-corrected chi connectivity index (χ3v) is 7.23. The quantitative estimate of drug-likeness (QED) is 0.205. The first-order valence-corrected chi connectivity index (χ1v) is 15.5. The normalized spacial score (nSPS) is 12.5. The van der Waals surface area contributed by atoms with Crippen LogP contribution in [0.4, 0.5) is 10.5 Å². The number of aryl methyl sites for hydroxylation is 2. The van der Waals surface area contributed by atoms with Gasteiger partial charge in [0.15, 0.2) is 0 Å². The molecular weight excluding hydrogens is 534 g/mol. The van der Waals surface area contributed by atoms with Crippen LogP contribution in [0.15, 0.2) is 42.5 Å². The van der Waals surface area contributed by atoms with Crippen LogP contribution >= 0.6 is 11.8 Å². The molecule has 2 aromatic rings. The molecule has 0 aliphatic carbocycles. The van der Waals surface area contributed by atoms with Gasteiger partial charge in [0.25, 0.3) is 5.91 Å². The van der Waals surface area contributed by atoms with Crippen molar-refractivity contribution in [1.29, 1.82) is 0 Å². The molecule has 7 nitrogen and oxygen atoms in total. The number of para-hydroxylation sites is 1.